The highest BCUT2D eigenvalue weighted by Crippen LogP contribution is 2.34. The van der Waals surface area contributed by atoms with E-state index >= 15 is 0 Å². The molecule has 1 aliphatic carbocycles. The molecule has 1 fully saturated rings. The van der Waals surface area contributed by atoms with Crippen molar-refractivity contribution in [2.75, 3.05) is 33.3 Å². The first kappa shape index (κ1) is 22.5. The summed E-state index contributed by atoms with van der Waals surface area (Å²) in [6.07, 6.45) is 8.66. The molecular weight excluding hydrogens is 410 g/mol. The number of aliphatic hydroxyl groups excluding tert-OH is 1. The SMILES string of the molecule is CN1CCC[C@H](Cn2c(CN(CCCO)[C@H]3CCCc4cccnc43)nc3ccccc32)C1. The van der Waals surface area contributed by atoms with Gasteiger partial charge in [-0.05, 0) is 81.8 Å². The average Bonchev–Trinajstić information content (AvgIpc) is 3.18. The van der Waals surface area contributed by atoms with Gasteiger partial charge in [-0.15, -0.1) is 0 Å². The Bertz CT molecular complexity index is 1060. The molecule has 6 heteroatoms. The van der Waals surface area contributed by atoms with Crippen molar-refractivity contribution >= 4 is 11.0 Å². The molecule has 3 heterocycles. The summed E-state index contributed by atoms with van der Waals surface area (Å²) in [5, 5.41) is 9.62. The number of pyridine rings is 1. The third-order valence-electron chi connectivity index (χ3n) is 7.45. The molecule has 33 heavy (non-hydrogen) atoms. The zero-order chi connectivity index (χ0) is 22.6. The molecule has 0 radical (unpaired) electrons. The molecule has 1 saturated heterocycles. The number of para-hydroxylation sites is 2. The molecule has 0 saturated carbocycles. The van der Waals surface area contributed by atoms with Crippen LogP contribution in [0.1, 0.15) is 55.2 Å². The molecule has 1 aromatic carbocycles. The lowest BCUT2D eigenvalue weighted by Gasteiger charge is -2.35. The Labute approximate surface area is 197 Å². The second-order valence-electron chi connectivity index (χ2n) is 9.90. The fourth-order valence-corrected chi connectivity index (χ4v) is 5.87. The summed E-state index contributed by atoms with van der Waals surface area (Å²) < 4.78 is 2.48. The van der Waals surface area contributed by atoms with Gasteiger partial charge >= 0.3 is 0 Å². The normalized spacial score (nSPS) is 21.5. The van der Waals surface area contributed by atoms with Gasteiger partial charge in [0.1, 0.15) is 5.82 Å². The van der Waals surface area contributed by atoms with Gasteiger partial charge in [-0.1, -0.05) is 18.2 Å². The Morgan fingerprint density at radius 2 is 2.03 bits per heavy atom. The first-order chi connectivity index (χ1) is 16.2. The molecule has 1 N–H and O–H groups in total. The van der Waals surface area contributed by atoms with E-state index in [-0.39, 0.29) is 12.6 Å². The molecule has 2 aliphatic rings. The van der Waals surface area contributed by atoms with Crippen LogP contribution < -0.4 is 0 Å². The second kappa shape index (κ2) is 10.3. The van der Waals surface area contributed by atoms with Gasteiger partial charge < -0.3 is 14.6 Å². The number of fused-ring (bicyclic) bond motifs is 2. The summed E-state index contributed by atoms with van der Waals surface area (Å²) in [5.74, 6) is 1.80. The van der Waals surface area contributed by atoms with Crippen LogP contribution >= 0.6 is 0 Å². The third kappa shape index (κ3) is 4.98. The summed E-state index contributed by atoms with van der Waals surface area (Å²) >= 11 is 0. The van der Waals surface area contributed by atoms with Crippen LogP contribution in [0.2, 0.25) is 0 Å². The number of hydrogen-bond donors (Lipinski definition) is 1. The molecular formula is C27H37N5O. The summed E-state index contributed by atoms with van der Waals surface area (Å²) in [4.78, 5) is 14.9. The standard InChI is InChI=1S/C27H37N5O/c1-30-15-6-8-21(18-30)19-32-24-12-3-2-11-23(24)29-26(32)20-31(16-7-17-33)25-13-4-9-22-10-5-14-28-27(22)25/h2-3,5,10-12,14,21,25,33H,4,6-9,13,15-20H2,1H3/t21-,25-/m0/s1. The number of benzene rings is 1. The van der Waals surface area contributed by atoms with Gasteiger partial charge in [-0.3, -0.25) is 9.88 Å². The molecule has 1 aliphatic heterocycles. The highest BCUT2D eigenvalue weighted by Gasteiger charge is 2.29. The van der Waals surface area contributed by atoms with Crippen molar-refractivity contribution in [2.24, 2.45) is 5.92 Å². The molecule has 0 spiro atoms. The van der Waals surface area contributed by atoms with Crippen molar-refractivity contribution in [1.29, 1.82) is 0 Å². The van der Waals surface area contributed by atoms with E-state index in [2.05, 4.69) is 57.8 Å². The zero-order valence-corrected chi connectivity index (χ0v) is 19.9. The van der Waals surface area contributed by atoms with Gasteiger partial charge in [0.15, 0.2) is 0 Å². The first-order valence-corrected chi connectivity index (χ1v) is 12.6. The molecule has 2 aromatic heterocycles. The van der Waals surface area contributed by atoms with Crippen LogP contribution in [0.15, 0.2) is 42.6 Å². The van der Waals surface area contributed by atoms with Gasteiger partial charge in [0.2, 0.25) is 0 Å². The number of imidazole rings is 1. The van der Waals surface area contributed by atoms with E-state index < -0.39 is 0 Å². The maximum atomic E-state index is 9.62. The fraction of sp³-hybridized carbons (Fsp3) is 0.556. The predicted molar refractivity (Wildman–Crippen MR) is 132 cm³/mol. The molecule has 2 atom stereocenters. The number of likely N-dealkylation sites (tertiary alicyclic amines) is 1. The quantitative estimate of drug-likeness (QED) is 0.565. The van der Waals surface area contributed by atoms with Gasteiger partial charge in [-0.2, -0.15) is 0 Å². The van der Waals surface area contributed by atoms with Gasteiger partial charge in [0, 0.05) is 32.4 Å². The van der Waals surface area contributed by atoms with Crippen molar-refractivity contribution in [2.45, 2.75) is 57.7 Å². The fourth-order valence-electron chi connectivity index (χ4n) is 5.87. The lowest BCUT2D eigenvalue weighted by atomic mass is 9.90. The maximum absolute atomic E-state index is 9.62. The van der Waals surface area contributed by atoms with Gasteiger partial charge in [0.25, 0.3) is 0 Å². The number of aliphatic hydroxyl groups is 1. The number of rotatable bonds is 8. The second-order valence-corrected chi connectivity index (χ2v) is 9.90. The summed E-state index contributed by atoms with van der Waals surface area (Å²) in [6.45, 7) is 5.23. The van der Waals surface area contributed by atoms with Crippen LogP contribution in [0.3, 0.4) is 0 Å². The van der Waals surface area contributed by atoms with Crippen molar-refractivity contribution < 1.29 is 5.11 Å². The molecule has 0 bridgehead atoms. The molecule has 176 valence electrons. The maximum Gasteiger partial charge on any atom is 0.124 e. The smallest absolute Gasteiger partial charge is 0.124 e. The van der Waals surface area contributed by atoms with Crippen LogP contribution in [-0.4, -0.2) is 62.7 Å². The highest BCUT2D eigenvalue weighted by molar-refractivity contribution is 5.75. The molecule has 0 unspecified atom stereocenters. The van der Waals surface area contributed by atoms with E-state index in [0.717, 1.165) is 56.8 Å². The van der Waals surface area contributed by atoms with E-state index in [1.165, 1.54) is 42.6 Å². The largest absolute Gasteiger partial charge is 0.396 e. The molecule has 6 nitrogen and oxygen atoms in total. The Morgan fingerprint density at radius 3 is 2.91 bits per heavy atom. The van der Waals surface area contributed by atoms with Crippen molar-refractivity contribution in [3.8, 4) is 0 Å². The first-order valence-electron chi connectivity index (χ1n) is 12.6. The van der Waals surface area contributed by atoms with Gasteiger partial charge in [0.05, 0.1) is 29.3 Å². The van der Waals surface area contributed by atoms with Crippen molar-refractivity contribution in [3.05, 3.63) is 59.7 Å². The molecule has 3 aromatic rings. The minimum absolute atomic E-state index is 0.211. The Hall–Kier alpha value is -2.28. The van der Waals surface area contributed by atoms with Crippen LogP contribution in [0.4, 0.5) is 0 Å². The summed E-state index contributed by atoms with van der Waals surface area (Å²) in [5.41, 5.74) is 4.92. The van der Waals surface area contributed by atoms with Crippen LogP contribution in [0, 0.1) is 5.92 Å². The Morgan fingerprint density at radius 1 is 1.12 bits per heavy atom. The lowest BCUT2D eigenvalue weighted by molar-refractivity contribution is 0.142. The van der Waals surface area contributed by atoms with E-state index in [4.69, 9.17) is 9.97 Å². The number of piperidine rings is 1. The minimum Gasteiger partial charge on any atom is -0.396 e. The molecule has 0 amide bonds. The van der Waals surface area contributed by atoms with Crippen LogP contribution in [-0.2, 0) is 19.5 Å². The minimum atomic E-state index is 0.211. The monoisotopic (exact) mass is 447 g/mol. The number of aromatic nitrogens is 3. The third-order valence-corrected chi connectivity index (χ3v) is 7.45. The Balaban J connectivity index is 1.47. The molecule has 5 rings (SSSR count). The van der Waals surface area contributed by atoms with Gasteiger partial charge in [-0.25, -0.2) is 4.98 Å². The van der Waals surface area contributed by atoms with Crippen LogP contribution in [0.5, 0.6) is 0 Å². The van der Waals surface area contributed by atoms with E-state index in [1.807, 2.05) is 6.20 Å². The number of hydrogen-bond acceptors (Lipinski definition) is 5. The number of aryl methyl sites for hydroxylation is 1. The number of nitrogens with zero attached hydrogens (tertiary/aromatic N) is 5. The van der Waals surface area contributed by atoms with Crippen LogP contribution in [0.25, 0.3) is 11.0 Å². The zero-order valence-electron chi connectivity index (χ0n) is 19.9. The van der Waals surface area contributed by atoms with Crippen molar-refractivity contribution in [3.63, 3.8) is 0 Å². The highest BCUT2D eigenvalue weighted by atomic mass is 16.3. The topological polar surface area (TPSA) is 57.4 Å². The van der Waals surface area contributed by atoms with E-state index in [1.54, 1.807) is 0 Å². The Kier molecular flexibility index (Phi) is 7.04. The van der Waals surface area contributed by atoms with E-state index in [0.29, 0.717) is 5.92 Å². The average molecular weight is 448 g/mol. The van der Waals surface area contributed by atoms with E-state index in [9.17, 15) is 5.11 Å². The summed E-state index contributed by atoms with van der Waals surface area (Å²) in [7, 11) is 2.24. The van der Waals surface area contributed by atoms with Crippen molar-refractivity contribution in [1.82, 2.24) is 24.3 Å². The predicted octanol–water partition coefficient (Wildman–Crippen LogP) is 4.04. The lowest BCUT2D eigenvalue weighted by Crippen LogP contribution is -2.36. The summed E-state index contributed by atoms with van der Waals surface area (Å²) in [6, 6.07) is 13.1.